The van der Waals surface area contributed by atoms with Gasteiger partial charge in [-0.15, -0.1) is 11.8 Å². The van der Waals surface area contributed by atoms with E-state index in [-0.39, 0.29) is 5.91 Å². The number of carbonyl (C=O) groups is 1. The Bertz CT molecular complexity index is 618. The zero-order chi connectivity index (χ0) is 14.8. The summed E-state index contributed by atoms with van der Waals surface area (Å²) < 4.78 is 11.0. The molecule has 0 bridgehead atoms. The molecule has 0 saturated carbocycles. The molecule has 0 aromatic carbocycles. The molecule has 3 heterocycles. The van der Waals surface area contributed by atoms with Gasteiger partial charge >= 0.3 is 0 Å². The Balaban J connectivity index is 1.70. The summed E-state index contributed by atoms with van der Waals surface area (Å²) in [6.07, 6.45) is 2.63. The van der Waals surface area contributed by atoms with E-state index in [1.165, 1.54) is 0 Å². The fourth-order valence-corrected chi connectivity index (χ4v) is 3.87. The van der Waals surface area contributed by atoms with Gasteiger partial charge in [0.1, 0.15) is 17.3 Å². The zero-order valence-corrected chi connectivity index (χ0v) is 13.1. The van der Waals surface area contributed by atoms with Crippen LogP contribution in [0.5, 0.6) is 0 Å². The van der Waals surface area contributed by atoms with E-state index in [2.05, 4.69) is 0 Å². The summed E-state index contributed by atoms with van der Waals surface area (Å²) >= 11 is 1.86. The molecule has 0 N–H and O–H groups in total. The normalized spacial score (nSPS) is 19.5. The molecule has 4 nitrogen and oxygen atoms in total. The fraction of sp³-hybridized carbons (Fsp3) is 0.438. The summed E-state index contributed by atoms with van der Waals surface area (Å²) in [6, 6.07) is 5.76. The Labute approximate surface area is 128 Å². The molecule has 1 amide bonds. The van der Waals surface area contributed by atoms with E-state index < -0.39 is 0 Å². The van der Waals surface area contributed by atoms with Gasteiger partial charge in [0.25, 0.3) is 5.91 Å². The Morgan fingerprint density at radius 2 is 2.24 bits per heavy atom. The highest BCUT2D eigenvalue weighted by Gasteiger charge is 2.25. The van der Waals surface area contributed by atoms with E-state index in [1.807, 2.05) is 48.7 Å². The number of thioether (sulfide) groups is 1. The SMILES string of the molecule is Cc1cc(C(=O)N2CCS[C@@H](c3ccco3)CC2)c(C)o1. The first-order chi connectivity index (χ1) is 10.1. The van der Waals surface area contributed by atoms with Gasteiger partial charge in [0.05, 0.1) is 17.1 Å². The Hall–Kier alpha value is -1.62. The van der Waals surface area contributed by atoms with E-state index in [0.29, 0.717) is 16.6 Å². The summed E-state index contributed by atoms with van der Waals surface area (Å²) in [6.45, 7) is 5.23. The molecule has 2 aromatic heterocycles. The number of amides is 1. The van der Waals surface area contributed by atoms with Gasteiger partial charge in [-0.05, 0) is 38.5 Å². The molecule has 5 heteroatoms. The number of rotatable bonds is 2. The van der Waals surface area contributed by atoms with Crippen molar-refractivity contribution in [3.05, 3.63) is 47.3 Å². The second-order valence-electron chi connectivity index (χ2n) is 5.28. The molecule has 21 heavy (non-hydrogen) atoms. The van der Waals surface area contributed by atoms with Gasteiger partial charge in [0, 0.05) is 18.8 Å². The lowest BCUT2D eigenvalue weighted by Crippen LogP contribution is -2.33. The molecular formula is C16H19NO3S. The van der Waals surface area contributed by atoms with Crippen molar-refractivity contribution < 1.29 is 13.6 Å². The van der Waals surface area contributed by atoms with E-state index >= 15 is 0 Å². The fourth-order valence-electron chi connectivity index (χ4n) is 2.69. The summed E-state index contributed by atoms with van der Waals surface area (Å²) in [5.74, 6) is 3.49. The maximum absolute atomic E-state index is 12.6. The summed E-state index contributed by atoms with van der Waals surface area (Å²) in [7, 11) is 0. The van der Waals surface area contributed by atoms with Crippen molar-refractivity contribution in [3.8, 4) is 0 Å². The number of nitrogens with zero attached hydrogens (tertiary/aromatic N) is 1. The molecule has 0 unspecified atom stereocenters. The highest BCUT2D eigenvalue weighted by atomic mass is 32.2. The molecule has 112 valence electrons. The lowest BCUT2D eigenvalue weighted by molar-refractivity contribution is 0.0764. The van der Waals surface area contributed by atoms with E-state index in [0.717, 1.165) is 36.8 Å². The van der Waals surface area contributed by atoms with Crippen LogP contribution in [0.2, 0.25) is 0 Å². The second-order valence-corrected chi connectivity index (χ2v) is 6.59. The molecule has 1 fully saturated rings. The van der Waals surface area contributed by atoms with Gasteiger partial charge in [-0.1, -0.05) is 0 Å². The lowest BCUT2D eigenvalue weighted by atomic mass is 10.2. The van der Waals surface area contributed by atoms with Crippen LogP contribution < -0.4 is 0 Å². The Kier molecular flexibility index (Phi) is 4.10. The largest absolute Gasteiger partial charge is 0.468 e. The van der Waals surface area contributed by atoms with E-state index in [4.69, 9.17) is 8.83 Å². The van der Waals surface area contributed by atoms with Crippen molar-refractivity contribution >= 4 is 17.7 Å². The van der Waals surface area contributed by atoms with Gasteiger partial charge < -0.3 is 13.7 Å². The third kappa shape index (κ3) is 3.02. The van der Waals surface area contributed by atoms with Gasteiger partial charge in [0.15, 0.2) is 0 Å². The third-order valence-corrected chi connectivity index (χ3v) is 5.05. The standard InChI is InChI=1S/C16H19NO3S/c1-11-10-13(12(2)20-11)16(18)17-6-5-15(21-9-7-17)14-4-3-8-19-14/h3-4,8,10,15H,5-7,9H2,1-2H3/t15-/m1/s1. The first kappa shape index (κ1) is 14.3. The van der Waals surface area contributed by atoms with Crippen LogP contribution in [0.25, 0.3) is 0 Å². The van der Waals surface area contributed by atoms with Crippen LogP contribution >= 0.6 is 11.8 Å². The lowest BCUT2D eigenvalue weighted by Gasteiger charge is -2.19. The van der Waals surface area contributed by atoms with Crippen molar-refractivity contribution in [1.82, 2.24) is 4.90 Å². The first-order valence-corrected chi connectivity index (χ1v) is 8.21. The van der Waals surface area contributed by atoms with Gasteiger partial charge in [-0.3, -0.25) is 4.79 Å². The predicted octanol–water partition coefficient (Wildman–Crippen LogP) is 3.81. The first-order valence-electron chi connectivity index (χ1n) is 7.16. The Morgan fingerprint density at radius 3 is 2.90 bits per heavy atom. The minimum absolute atomic E-state index is 0.0741. The molecule has 0 radical (unpaired) electrons. The average Bonchev–Trinajstić information content (AvgIpc) is 3.02. The van der Waals surface area contributed by atoms with Crippen LogP contribution in [0.4, 0.5) is 0 Å². The summed E-state index contributed by atoms with van der Waals surface area (Å²) in [5.41, 5.74) is 0.689. The van der Waals surface area contributed by atoms with E-state index in [9.17, 15) is 4.79 Å². The predicted molar refractivity (Wildman–Crippen MR) is 82.6 cm³/mol. The molecule has 3 rings (SSSR count). The quantitative estimate of drug-likeness (QED) is 0.846. The third-order valence-electron chi connectivity index (χ3n) is 3.76. The number of aryl methyl sites for hydroxylation is 2. The maximum Gasteiger partial charge on any atom is 0.257 e. The van der Waals surface area contributed by atoms with Crippen molar-refractivity contribution in [3.63, 3.8) is 0 Å². The molecule has 1 aliphatic heterocycles. The number of hydrogen-bond acceptors (Lipinski definition) is 4. The number of furan rings is 2. The molecule has 2 aromatic rings. The minimum atomic E-state index is 0.0741. The second kappa shape index (κ2) is 6.02. The van der Waals surface area contributed by atoms with Crippen molar-refractivity contribution in [2.45, 2.75) is 25.5 Å². The summed E-state index contributed by atoms with van der Waals surface area (Å²) in [4.78, 5) is 14.5. The van der Waals surface area contributed by atoms with Crippen LogP contribution in [0.3, 0.4) is 0 Å². The van der Waals surface area contributed by atoms with Gasteiger partial charge in [0.2, 0.25) is 0 Å². The molecule has 1 aliphatic rings. The number of hydrogen-bond donors (Lipinski definition) is 0. The van der Waals surface area contributed by atoms with E-state index in [1.54, 1.807) is 6.26 Å². The highest BCUT2D eigenvalue weighted by molar-refractivity contribution is 7.99. The van der Waals surface area contributed by atoms with Crippen molar-refractivity contribution in [1.29, 1.82) is 0 Å². The van der Waals surface area contributed by atoms with Gasteiger partial charge in [-0.2, -0.15) is 0 Å². The average molecular weight is 305 g/mol. The van der Waals surface area contributed by atoms with Crippen LogP contribution in [-0.4, -0.2) is 29.6 Å². The monoisotopic (exact) mass is 305 g/mol. The van der Waals surface area contributed by atoms with Crippen LogP contribution in [-0.2, 0) is 0 Å². The molecular weight excluding hydrogens is 286 g/mol. The highest BCUT2D eigenvalue weighted by Crippen LogP contribution is 2.34. The molecule has 0 aliphatic carbocycles. The molecule has 1 atom stereocenters. The minimum Gasteiger partial charge on any atom is -0.468 e. The number of carbonyl (C=O) groups excluding carboxylic acids is 1. The zero-order valence-electron chi connectivity index (χ0n) is 12.3. The van der Waals surface area contributed by atoms with Crippen molar-refractivity contribution in [2.24, 2.45) is 0 Å². The topological polar surface area (TPSA) is 46.6 Å². The molecule has 0 spiro atoms. The molecule has 1 saturated heterocycles. The maximum atomic E-state index is 12.6. The van der Waals surface area contributed by atoms with Crippen molar-refractivity contribution in [2.75, 3.05) is 18.8 Å². The van der Waals surface area contributed by atoms with Gasteiger partial charge in [-0.25, -0.2) is 0 Å². The Morgan fingerprint density at radius 1 is 1.38 bits per heavy atom. The van der Waals surface area contributed by atoms with Crippen LogP contribution in [0.15, 0.2) is 33.3 Å². The smallest absolute Gasteiger partial charge is 0.257 e. The van der Waals surface area contributed by atoms with Crippen LogP contribution in [0.1, 0.15) is 39.3 Å². The van der Waals surface area contributed by atoms with Crippen LogP contribution in [0, 0.1) is 13.8 Å². The summed E-state index contributed by atoms with van der Waals surface area (Å²) in [5, 5.41) is 0.338.